The fourth-order valence-electron chi connectivity index (χ4n) is 4.16. The van der Waals surface area contributed by atoms with Gasteiger partial charge in [-0.05, 0) is 24.2 Å². The molecule has 1 aromatic rings. The molecule has 1 saturated carbocycles. The number of hydrogen-bond donors (Lipinski definition) is 1. The average molecular weight is 220 g/mol. The van der Waals surface area contributed by atoms with Crippen molar-refractivity contribution in [3.8, 4) is 0 Å². The number of aliphatic hydroxyl groups excluding tert-OH is 1. The Balaban J connectivity index is 2.31. The monoisotopic (exact) mass is 220 g/mol. The van der Waals surface area contributed by atoms with E-state index in [0.717, 1.165) is 5.69 Å². The Bertz CT molecular complexity index is 461. The summed E-state index contributed by atoms with van der Waals surface area (Å²) < 4.78 is 2.00. The Morgan fingerprint density at radius 2 is 2.12 bits per heavy atom. The summed E-state index contributed by atoms with van der Waals surface area (Å²) in [6.45, 7) is 7.17. The van der Waals surface area contributed by atoms with E-state index in [1.54, 1.807) is 0 Å². The third-order valence-electron chi connectivity index (χ3n) is 5.41. The molecule has 2 aliphatic rings. The maximum absolute atomic E-state index is 9.42. The van der Waals surface area contributed by atoms with E-state index >= 15 is 0 Å². The maximum Gasteiger partial charge on any atom is 0.0916 e. The fraction of sp³-hybridized carbons (Fsp3) is 0.769. The van der Waals surface area contributed by atoms with Gasteiger partial charge in [-0.15, -0.1) is 0 Å². The van der Waals surface area contributed by atoms with E-state index in [9.17, 15) is 5.11 Å². The highest BCUT2D eigenvalue weighted by atomic mass is 16.3. The van der Waals surface area contributed by atoms with Crippen LogP contribution in [0, 0.1) is 5.41 Å². The Kier molecular flexibility index (Phi) is 1.74. The molecular formula is C13H20N2O. The van der Waals surface area contributed by atoms with Crippen molar-refractivity contribution < 1.29 is 5.11 Å². The zero-order valence-electron chi connectivity index (χ0n) is 10.5. The molecule has 2 unspecified atom stereocenters. The summed E-state index contributed by atoms with van der Waals surface area (Å²) >= 11 is 0. The van der Waals surface area contributed by atoms with Gasteiger partial charge in [0.1, 0.15) is 0 Å². The van der Waals surface area contributed by atoms with Crippen LogP contribution in [-0.4, -0.2) is 14.9 Å². The normalized spacial score (nSPS) is 34.4. The van der Waals surface area contributed by atoms with Crippen LogP contribution in [0.15, 0.2) is 0 Å². The van der Waals surface area contributed by atoms with E-state index in [1.165, 1.54) is 24.1 Å². The number of hydrogen-bond acceptors (Lipinski definition) is 2. The first-order chi connectivity index (χ1) is 7.43. The lowest BCUT2D eigenvalue weighted by Gasteiger charge is -2.35. The Morgan fingerprint density at radius 3 is 2.75 bits per heavy atom. The summed E-state index contributed by atoms with van der Waals surface area (Å²) in [4.78, 5) is 0. The molecule has 88 valence electrons. The fourth-order valence-corrected chi connectivity index (χ4v) is 4.16. The van der Waals surface area contributed by atoms with Crippen LogP contribution >= 0.6 is 0 Å². The molecule has 0 aromatic carbocycles. The highest BCUT2D eigenvalue weighted by Gasteiger charge is 2.61. The topological polar surface area (TPSA) is 38.0 Å². The number of aryl methyl sites for hydroxylation is 1. The first-order valence-corrected chi connectivity index (χ1v) is 6.10. The van der Waals surface area contributed by atoms with Gasteiger partial charge < -0.3 is 5.11 Å². The molecule has 0 saturated heterocycles. The Labute approximate surface area is 96.5 Å². The Hall–Kier alpha value is -0.830. The lowest BCUT2D eigenvalue weighted by atomic mass is 9.70. The minimum atomic E-state index is 0.0752. The van der Waals surface area contributed by atoms with Crippen molar-refractivity contribution in [3.63, 3.8) is 0 Å². The van der Waals surface area contributed by atoms with Gasteiger partial charge >= 0.3 is 0 Å². The van der Waals surface area contributed by atoms with Crippen molar-refractivity contribution in [1.29, 1.82) is 0 Å². The van der Waals surface area contributed by atoms with Gasteiger partial charge in [-0.25, -0.2) is 0 Å². The molecule has 1 N–H and O–H groups in total. The molecule has 0 spiro atoms. The maximum atomic E-state index is 9.42. The van der Waals surface area contributed by atoms with Crippen LogP contribution in [0.4, 0.5) is 0 Å². The molecule has 2 atom stereocenters. The van der Waals surface area contributed by atoms with E-state index in [4.69, 9.17) is 0 Å². The van der Waals surface area contributed by atoms with E-state index in [-0.39, 0.29) is 12.0 Å². The van der Waals surface area contributed by atoms with Crippen LogP contribution in [0.25, 0.3) is 0 Å². The first kappa shape index (κ1) is 10.3. The largest absolute Gasteiger partial charge is 0.390 e. The number of fused-ring (bicyclic) bond motifs is 5. The highest BCUT2D eigenvalue weighted by Crippen LogP contribution is 2.68. The third kappa shape index (κ3) is 0.841. The van der Waals surface area contributed by atoms with Crippen LogP contribution in [0.5, 0.6) is 0 Å². The molecule has 0 amide bonds. The summed E-state index contributed by atoms with van der Waals surface area (Å²) in [5, 5.41) is 13.9. The molecule has 3 heteroatoms. The first-order valence-electron chi connectivity index (χ1n) is 6.10. The summed E-state index contributed by atoms with van der Waals surface area (Å²) in [5.41, 5.74) is 4.17. The van der Waals surface area contributed by atoms with E-state index in [0.29, 0.717) is 11.3 Å². The van der Waals surface area contributed by atoms with Crippen LogP contribution in [0.1, 0.15) is 56.5 Å². The molecular weight excluding hydrogens is 200 g/mol. The van der Waals surface area contributed by atoms with Gasteiger partial charge in [-0.2, -0.15) is 5.10 Å². The number of aliphatic hydroxyl groups is 1. The van der Waals surface area contributed by atoms with Crippen LogP contribution in [-0.2, 0) is 19.1 Å². The minimum absolute atomic E-state index is 0.0752. The van der Waals surface area contributed by atoms with E-state index < -0.39 is 0 Å². The van der Waals surface area contributed by atoms with Crippen LogP contribution in [0.3, 0.4) is 0 Å². The summed E-state index contributed by atoms with van der Waals surface area (Å²) in [6, 6.07) is 0. The molecule has 0 aliphatic heterocycles. The van der Waals surface area contributed by atoms with Gasteiger partial charge in [0, 0.05) is 23.7 Å². The van der Waals surface area contributed by atoms with Crippen LogP contribution in [0.2, 0.25) is 0 Å². The van der Waals surface area contributed by atoms with Crippen LogP contribution < -0.4 is 0 Å². The van der Waals surface area contributed by atoms with Crippen molar-refractivity contribution in [2.75, 3.05) is 0 Å². The van der Waals surface area contributed by atoms with Gasteiger partial charge in [0.2, 0.25) is 0 Å². The van der Waals surface area contributed by atoms with E-state index in [1.807, 2.05) is 11.7 Å². The molecule has 3 nitrogen and oxygen atoms in total. The van der Waals surface area contributed by atoms with Gasteiger partial charge in [0.25, 0.3) is 0 Å². The zero-order chi connectivity index (χ0) is 11.7. The van der Waals surface area contributed by atoms with Gasteiger partial charge in [0.05, 0.1) is 12.3 Å². The predicted octanol–water partition coefficient (Wildman–Crippen LogP) is 2.09. The third-order valence-corrected chi connectivity index (χ3v) is 5.41. The molecule has 0 radical (unpaired) electrons. The molecule has 16 heavy (non-hydrogen) atoms. The number of nitrogens with zero attached hydrogens (tertiary/aromatic N) is 2. The average Bonchev–Trinajstić information content (AvgIpc) is 2.72. The SMILES string of the molecule is Cn1nc(CO)c2c1C1(C)CCC2C1(C)C. The van der Waals surface area contributed by atoms with Crippen molar-refractivity contribution in [2.24, 2.45) is 12.5 Å². The summed E-state index contributed by atoms with van der Waals surface area (Å²) in [6.07, 6.45) is 2.50. The van der Waals surface area contributed by atoms with Crippen molar-refractivity contribution in [2.45, 2.75) is 51.6 Å². The van der Waals surface area contributed by atoms with Crippen molar-refractivity contribution in [3.05, 3.63) is 17.0 Å². The molecule has 2 aliphatic carbocycles. The zero-order valence-corrected chi connectivity index (χ0v) is 10.5. The number of rotatable bonds is 1. The summed E-state index contributed by atoms with van der Waals surface area (Å²) in [7, 11) is 2.01. The second-order valence-electron chi connectivity index (χ2n) is 6.14. The number of aromatic nitrogens is 2. The standard InChI is InChI=1S/C13H20N2O/c1-12(2)8-5-6-13(12,3)11-10(8)9(7-16)14-15(11)4/h8,16H,5-7H2,1-4H3. The quantitative estimate of drug-likeness (QED) is 0.787. The lowest BCUT2D eigenvalue weighted by Crippen LogP contribution is -2.33. The van der Waals surface area contributed by atoms with Crippen molar-refractivity contribution >= 4 is 0 Å². The summed E-state index contributed by atoms with van der Waals surface area (Å²) in [5.74, 6) is 0.586. The van der Waals surface area contributed by atoms with E-state index in [2.05, 4.69) is 25.9 Å². The molecule has 1 aromatic heterocycles. The van der Waals surface area contributed by atoms with Gasteiger partial charge in [0.15, 0.2) is 0 Å². The second-order valence-corrected chi connectivity index (χ2v) is 6.14. The minimum Gasteiger partial charge on any atom is -0.390 e. The molecule has 1 heterocycles. The van der Waals surface area contributed by atoms with Gasteiger partial charge in [-0.1, -0.05) is 20.8 Å². The molecule has 2 bridgehead atoms. The smallest absolute Gasteiger partial charge is 0.0916 e. The second kappa shape index (κ2) is 2.70. The highest BCUT2D eigenvalue weighted by molar-refractivity contribution is 5.48. The van der Waals surface area contributed by atoms with Gasteiger partial charge in [-0.3, -0.25) is 4.68 Å². The predicted molar refractivity (Wildman–Crippen MR) is 62.2 cm³/mol. The molecule has 1 fully saturated rings. The Morgan fingerprint density at radius 1 is 1.44 bits per heavy atom. The van der Waals surface area contributed by atoms with Crippen molar-refractivity contribution in [1.82, 2.24) is 9.78 Å². The molecule has 3 rings (SSSR count). The lowest BCUT2D eigenvalue weighted by molar-refractivity contribution is 0.217.